The molecule has 0 bridgehead atoms. The molecule has 0 fully saturated rings. The van der Waals surface area contributed by atoms with E-state index in [1.807, 2.05) is 78.1 Å². The largest absolute Gasteiger partial charge is 0.490 e. The Morgan fingerprint density at radius 1 is 0.963 bits per heavy atom. The van der Waals surface area contributed by atoms with E-state index in [4.69, 9.17) is 9.47 Å². The van der Waals surface area contributed by atoms with E-state index in [2.05, 4.69) is 5.32 Å². The smallest absolute Gasteiger partial charge is 0.185 e. The fraction of sp³-hybridized carbons (Fsp3) is 0.348. The van der Waals surface area contributed by atoms with E-state index >= 15 is 0 Å². The van der Waals surface area contributed by atoms with Crippen LogP contribution in [0.4, 0.5) is 5.69 Å². The lowest BCUT2D eigenvalue weighted by Gasteiger charge is -2.19. The molecule has 2 aromatic carbocycles. The SMILES string of the molecule is CNc1ccc(C(=O)/C=C/c2c(OC(C)C)ccc(C)c2OC(C)C)cc1. The van der Waals surface area contributed by atoms with E-state index in [0.717, 1.165) is 22.6 Å². The van der Waals surface area contributed by atoms with Crippen LogP contribution in [0.3, 0.4) is 0 Å². The van der Waals surface area contributed by atoms with E-state index in [0.29, 0.717) is 11.3 Å². The lowest BCUT2D eigenvalue weighted by Crippen LogP contribution is -2.11. The molecule has 0 aliphatic rings. The number of hydrogen-bond donors (Lipinski definition) is 1. The molecule has 0 radical (unpaired) electrons. The molecule has 0 saturated carbocycles. The van der Waals surface area contributed by atoms with Gasteiger partial charge in [0.2, 0.25) is 0 Å². The van der Waals surface area contributed by atoms with Crippen molar-refractivity contribution in [3.63, 3.8) is 0 Å². The minimum Gasteiger partial charge on any atom is -0.490 e. The normalized spacial score (nSPS) is 11.3. The van der Waals surface area contributed by atoms with Gasteiger partial charge in [-0.1, -0.05) is 6.07 Å². The molecule has 4 nitrogen and oxygen atoms in total. The molecule has 0 aromatic heterocycles. The summed E-state index contributed by atoms with van der Waals surface area (Å²) >= 11 is 0. The van der Waals surface area contributed by atoms with Gasteiger partial charge in [0.05, 0.1) is 17.8 Å². The van der Waals surface area contributed by atoms with Crippen LogP contribution in [0.1, 0.15) is 49.2 Å². The zero-order valence-electron chi connectivity index (χ0n) is 17.0. The van der Waals surface area contributed by atoms with Crippen LogP contribution in [0, 0.1) is 6.92 Å². The Balaban J connectivity index is 2.39. The van der Waals surface area contributed by atoms with Crippen LogP contribution in [0.15, 0.2) is 42.5 Å². The van der Waals surface area contributed by atoms with Crippen molar-refractivity contribution < 1.29 is 14.3 Å². The van der Waals surface area contributed by atoms with Crippen molar-refractivity contribution in [1.29, 1.82) is 0 Å². The molecule has 0 aliphatic heterocycles. The van der Waals surface area contributed by atoms with E-state index in [1.54, 1.807) is 12.2 Å². The second-order valence-corrected chi connectivity index (χ2v) is 6.98. The Morgan fingerprint density at radius 3 is 2.15 bits per heavy atom. The van der Waals surface area contributed by atoms with Crippen molar-refractivity contribution in [3.05, 3.63) is 59.2 Å². The summed E-state index contributed by atoms with van der Waals surface area (Å²) in [5.41, 5.74) is 3.40. The Kier molecular flexibility index (Phi) is 7.05. The Labute approximate surface area is 162 Å². The summed E-state index contributed by atoms with van der Waals surface area (Å²) in [7, 11) is 1.85. The lowest BCUT2D eigenvalue weighted by molar-refractivity contribution is 0.104. The lowest BCUT2D eigenvalue weighted by atomic mass is 10.0. The highest BCUT2D eigenvalue weighted by Gasteiger charge is 2.15. The first-order valence-electron chi connectivity index (χ1n) is 9.29. The molecule has 2 aromatic rings. The summed E-state index contributed by atoms with van der Waals surface area (Å²) in [5, 5.41) is 3.05. The predicted octanol–water partition coefficient (Wildman–Crippen LogP) is 5.51. The van der Waals surface area contributed by atoms with Gasteiger partial charge in [-0.3, -0.25) is 4.79 Å². The molecule has 144 valence electrons. The maximum Gasteiger partial charge on any atom is 0.185 e. The highest BCUT2D eigenvalue weighted by molar-refractivity contribution is 6.07. The fourth-order valence-corrected chi connectivity index (χ4v) is 2.65. The number of benzene rings is 2. The maximum atomic E-state index is 12.6. The van der Waals surface area contributed by atoms with Crippen LogP contribution < -0.4 is 14.8 Å². The van der Waals surface area contributed by atoms with Gasteiger partial charge in [-0.05, 0) is 82.7 Å². The van der Waals surface area contributed by atoms with Crippen LogP contribution in [0.5, 0.6) is 11.5 Å². The number of allylic oxidation sites excluding steroid dienone is 1. The quantitative estimate of drug-likeness (QED) is 0.494. The van der Waals surface area contributed by atoms with Gasteiger partial charge in [0, 0.05) is 18.3 Å². The number of anilines is 1. The summed E-state index contributed by atoms with van der Waals surface area (Å²) in [4.78, 5) is 12.6. The van der Waals surface area contributed by atoms with Gasteiger partial charge in [0.25, 0.3) is 0 Å². The summed E-state index contributed by atoms with van der Waals surface area (Å²) in [6, 6.07) is 11.3. The van der Waals surface area contributed by atoms with Gasteiger partial charge in [0.1, 0.15) is 11.5 Å². The third-order valence-electron chi connectivity index (χ3n) is 3.93. The number of rotatable bonds is 8. The van der Waals surface area contributed by atoms with Gasteiger partial charge in [-0.25, -0.2) is 0 Å². The third-order valence-corrected chi connectivity index (χ3v) is 3.93. The van der Waals surface area contributed by atoms with Crippen LogP contribution in [-0.4, -0.2) is 25.0 Å². The molecule has 2 rings (SSSR count). The van der Waals surface area contributed by atoms with Gasteiger partial charge in [0.15, 0.2) is 5.78 Å². The number of aryl methyl sites for hydroxylation is 1. The molecular formula is C23H29NO3. The van der Waals surface area contributed by atoms with Gasteiger partial charge >= 0.3 is 0 Å². The average molecular weight is 367 g/mol. The molecule has 1 N–H and O–H groups in total. The van der Waals surface area contributed by atoms with Crippen LogP contribution in [0.25, 0.3) is 6.08 Å². The minimum absolute atomic E-state index is 0.0231. The second kappa shape index (κ2) is 9.26. The van der Waals surface area contributed by atoms with E-state index in [-0.39, 0.29) is 18.0 Å². The van der Waals surface area contributed by atoms with Crippen molar-refractivity contribution in [2.24, 2.45) is 0 Å². The molecule has 0 aliphatic carbocycles. The number of nitrogens with one attached hydrogen (secondary N) is 1. The highest BCUT2D eigenvalue weighted by Crippen LogP contribution is 2.35. The number of ketones is 1. The summed E-state index contributed by atoms with van der Waals surface area (Å²) in [6.07, 6.45) is 3.41. The molecule has 0 heterocycles. The summed E-state index contributed by atoms with van der Waals surface area (Å²) in [6.45, 7) is 9.91. The molecule has 27 heavy (non-hydrogen) atoms. The highest BCUT2D eigenvalue weighted by atomic mass is 16.5. The average Bonchev–Trinajstić information content (AvgIpc) is 2.63. The number of carbonyl (C=O) groups is 1. The molecular weight excluding hydrogens is 338 g/mol. The van der Waals surface area contributed by atoms with E-state index in [1.165, 1.54) is 0 Å². The fourth-order valence-electron chi connectivity index (χ4n) is 2.65. The third kappa shape index (κ3) is 5.61. The Bertz CT molecular complexity index is 805. The van der Waals surface area contributed by atoms with Crippen molar-refractivity contribution in [3.8, 4) is 11.5 Å². The zero-order chi connectivity index (χ0) is 20.0. The monoisotopic (exact) mass is 367 g/mol. The van der Waals surface area contributed by atoms with Crippen LogP contribution in [0.2, 0.25) is 0 Å². The molecule has 0 amide bonds. The van der Waals surface area contributed by atoms with Gasteiger partial charge in [-0.15, -0.1) is 0 Å². The first-order valence-corrected chi connectivity index (χ1v) is 9.29. The maximum absolute atomic E-state index is 12.6. The topological polar surface area (TPSA) is 47.6 Å². The summed E-state index contributed by atoms with van der Waals surface area (Å²) in [5.74, 6) is 1.39. The number of carbonyl (C=O) groups excluding carboxylic acids is 1. The van der Waals surface area contributed by atoms with Crippen molar-refractivity contribution >= 4 is 17.5 Å². The first kappa shape index (κ1) is 20.6. The zero-order valence-corrected chi connectivity index (χ0v) is 17.0. The van der Waals surface area contributed by atoms with E-state index < -0.39 is 0 Å². The first-order chi connectivity index (χ1) is 12.8. The van der Waals surface area contributed by atoms with Gasteiger partial charge in [-0.2, -0.15) is 0 Å². The molecule has 0 saturated heterocycles. The Hall–Kier alpha value is -2.75. The van der Waals surface area contributed by atoms with E-state index in [9.17, 15) is 4.79 Å². The van der Waals surface area contributed by atoms with Gasteiger partial charge < -0.3 is 14.8 Å². The molecule has 0 spiro atoms. The van der Waals surface area contributed by atoms with Crippen LogP contribution >= 0.6 is 0 Å². The van der Waals surface area contributed by atoms with Crippen molar-refractivity contribution in [1.82, 2.24) is 0 Å². The van der Waals surface area contributed by atoms with Crippen LogP contribution in [-0.2, 0) is 0 Å². The number of hydrogen-bond acceptors (Lipinski definition) is 4. The Morgan fingerprint density at radius 2 is 1.59 bits per heavy atom. The predicted molar refractivity (Wildman–Crippen MR) is 112 cm³/mol. The van der Waals surface area contributed by atoms with Crippen molar-refractivity contribution in [2.75, 3.05) is 12.4 Å². The second-order valence-electron chi connectivity index (χ2n) is 6.98. The standard InChI is InChI=1S/C23H29NO3/c1-15(2)26-22-14-7-17(5)23(27-16(3)4)20(22)12-13-21(25)18-8-10-19(24-6)11-9-18/h7-16,24H,1-6H3/b13-12+. The minimum atomic E-state index is -0.0647. The molecule has 0 atom stereocenters. The molecule has 4 heteroatoms. The summed E-state index contributed by atoms with van der Waals surface area (Å²) < 4.78 is 12.0. The number of ether oxygens (including phenoxy) is 2. The van der Waals surface area contributed by atoms with Crippen molar-refractivity contribution in [2.45, 2.75) is 46.8 Å². The molecule has 0 unspecified atom stereocenters.